The van der Waals surface area contributed by atoms with E-state index in [4.69, 9.17) is 0 Å². The summed E-state index contributed by atoms with van der Waals surface area (Å²) in [4.78, 5) is 0. The van der Waals surface area contributed by atoms with Crippen LogP contribution in [0.3, 0.4) is 0 Å². The predicted octanol–water partition coefficient (Wildman–Crippen LogP) is 1.74. The van der Waals surface area contributed by atoms with E-state index in [2.05, 4.69) is 5.73 Å². The van der Waals surface area contributed by atoms with Gasteiger partial charge < -0.3 is 0 Å². The molecule has 0 aromatic rings. The molecular weight excluding hydrogens is 183 g/mol. The first kappa shape index (κ1) is 10.5. The molecule has 0 saturated heterocycles. The SMILES string of the molecule is NC(F)(C(F)(F)F)C(F)(F)F. The van der Waals surface area contributed by atoms with Gasteiger partial charge in [0, 0.05) is 0 Å². The smallest absolute Gasteiger partial charge is 0.283 e. The van der Waals surface area contributed by atoms with Crippen LogP contribution in [-0.2, 0) is 0 Å². The van der Waals surface area contributed by atoms with Crippen LogP contribution in [0.4, 0.5) is 30.7 Å². The van der Waals surface area contributed by atoms with E-state index >= 15 is 0 Å². The average Bonchev–Trinajstić information content (AvgIpc) is 1.58. The molecule has 0 aliphatic rings. The topological polar surface area (TPSA) is 26.0 Å². The molecular formula is C3H2F7N. The van der Waals surface area contributed by atoms with Gasteiger partial charge in [-0.2, -0.15) is 26.3 Å². The Bertz CT molecular complexity index is 125. The molecule has 8 heteroatoms. The zero-order valence-electron chi connectivity index (χ0n) is 4.72. The molecule has 1 nitrogen and oxygen atoms in total. The number of hydrogen-bond donors (Lipinski definition) is 1. The van der Waals surface area contributed by atoms with E-state index in [0.717, 1.165) is 0 Å². The van der Waals surface area contributed by atoms with Gasteiger partial charge in [0.2, 0.25) is 0 Å². The Hall–Kier alpha value is -0.530. The fraction of sp³-hybridized carbons (Fsp3) is 1.00. The molecule has 0 atom stereocenters. The molecule has 0 spiro atoms. The second kappa shape index (κ2) is 2.23. The second-order valence-electron chi connectivity index (χ2n) is 1.71. The van der Waals surface area contributed by atoms with Crippen LogP contribution in [0.25, 0.3) is 0 Å². The summed E-state index contributed by atoms with van der Waals surface area (Å²) in [5, 5.41) is 0. The third-order valence-electron chi connectivity index (χ3n) is 0.825. The fourth-order valence-corrected chi connectivity index (χ4v) is 0.161. The quantitative estimate of drug-likeness (QED) is 0.451. The highest BCUT2D eigenvalue weighted by Gasteiger charge is 2.70. The third kappa shape index (κ3) is 1.73. The molecule has 0 heterocycles. The van der Waals surface area contributed by atoms with Crippen molar-refractivity contribution in [3.8, 4) is 0 Å². The summed E-state index contributed by atoms with van der Waals surface area (Å²) in [6, 6.07) is 0. The van der Waals surface area contributed by atoms with Gasteiger partial charge >= 0.3 is 18.1 Å². The molecule has 0 radical (unpaired) electrons. The van der Waals surface area contributed by atoms with Gasteiger partial charge in [-0.1, -0.05) is 0 Å². The van der Waals surface area contributed by atoms with Crippen molar-refractivity contribution in [2.24, 2.45) is 5.73 Å². The Morgan fingerprint density at radius 3 is 0.818 bits per heavy atom. The van der Waals surface area contributed by atoms with Crippen LogP contribution in [-0.4, -0.2) is 18.1 Å². The van der Waals surface area contributed by atoms with Crippen molar-refractivity contribution in [3.63, 3.8) is 0 Å². The zero-order chi connectivity index (χ0) is 9.50. The van der Waals surface area contributed by atoms with E-state index in [0.29, 0.717) is 0 Å². The third-order valence-corrected chi connectivity index (χ3v) is 0.825. The van der Waals surface area contributed by atoms with Crippen LogP contribution in [0.5, 0.6) is 0 Å². The maximum atomic E-state index is 11.6. The van der Waals surface area contributed by atoms with Gasteiger partial charge in [0.05, 0.1) is 0 Å². The van der Waals surface area contributed by atoms with Gasteiger partial charge in [0.1, 0.15) is 0 Å². The lowest BCUT2D eigenvalue weighted by Crippen LogP contribution is -2.60. The highest BCUT2D eigenvalue weighted by molar-refractivity contribution is 4.87. The largest absolute Gasteiger partial charge is 0.445 e. The van der Waals surface area contributed by atoms with Crippen molar-refractivity contribution in [2.75, 3.05) is 0 Å². The molecule has 11 heavy (non-hydrogen) atoms. The lowest BCUT2D eigenvalue weighted by Gasteiger charge is -2.25. The van der Waals surface area contributed by atoms with Gasteiger partial charge in [-0.15, -0.1) is 0 Å². The number of alkyl halides is 7. The molecule has 0 fully saturated rings. The second-order valence-corrected chi connectivity index (χ2v) is 1.71. The highest BCUT2D eigenvalue weighted by atomic mass is 19.4. The standard InChI is InChI=1S/C3H2F7N/c4-1(11,2(5,6)7)3(8,9)10/h11H2. The number of halogens is 7. The lowest BCUT2D eigenvalue weighted by atomic mass is 10.2. The van der Waals surface area contributed by atoms with Crippen LogP contribution < -0.4 is 5.73 Å². The molecule has 0 amide bonds. The summed E-state index contributed by atoms with van der Waals surface area (Å²) >= 11 is 0. The number of rotatable bonds is 0. The Morgan fingerprint density at radius 2 is 0.818 bits per heavy atom. The van der Waals surface area contributed by atoms with E-state index in [1.807, 2.05) is 0 Å². The molecule has 0 saturated carbocycles. The number of nitrogens with two attached hydrogens (primary N) is 1. The minimum absolute atomic E-state index is 3.35. The lowest BCUT2D eigenvalue weighted by molar-refractivity contribution is -0.339. The first-order valence-electron chi connectivity index (χ1n) is 2.11. The predicted molar refractivity (Wildman–Crippen MR) is 20.1 cm³/mol. The Morgan fingerprint density at radius 1 is 0.636 bits per heavy atom. The molecule has 0 unspecified atom stereocenters. The van der Waals surface area contributed by atoms with E-state index in [9.17, 15) is 30.7 Å². The minimum Gasteiger partial charge on any atom is -0.283 e. The molecule has 68 valence electrons. The summed E-state index contributed by atoms with van der Waals surface area (Å²) in [6.07, 6.45) is -12.3. The molecule has 0 aromatic heterocycles. The monoisotopic (exact) mass is 185 g/mol. The van der Waals surface area contributed by atoms with E-state index in [-0.39, 0.29) is 0 Å². The minimum atomic E-state index is -6.13. The number of hydrogen-bond acceptors (Lipinski definition) is 1. The van der Waals surface area contributed by atoms with Gasteiger partial charge in [-0.3, -0.25) is 5.73 Å². The molecule has 0 aromatic carbocycles. The van der Waals surface area contributed by atoms with Crippen LogP contribution >= 0.6 is 0 Å². The van der Waals surface area contributed by atoms with Gasteiger partial charge in [-0.25, -0.2) is 4.39 Å². The van der Waals surface area contributed by atoms with Crippen molar-refractivity contribution < 1.29 is 30.7 Å². The first-order chi connectivity index (χ1) is 4.50. The first-order valence-corrected chi connectivity index (χ1v) is 2.11. The molecule has 0 aliphatic carbocycles. The van der Waals surface area contributed by atoms with Crippen LogP contribution in [0.2, 0.25) is 0 Å². The summed E-state index contributed by atoms with van der Waals surface area (Å²) in [7, 11) is 0. The highest BCUT2D eigenvalue weighted by Crippen LogP contribution is 2.41. The zero-order valence-corrected chi connectivity index (χ0v) is 4.72. The normalized spacial score (nSPS) is 15.3. The van der Waals surface area contributed by atoms with Crippen molar-refractivity contribution in [1.82, 2.24) is 0 Å². The van der Waals surface area contributed by atoms with Crippen molar-refractivity contribution in [2.45, 2.75) is 18.1 Å². The van der Waals surface area contributed by atoms with E-state index in [1.165, 1.54) is 0 Å². The maximum absolute atomic E-state index is 11.6. The summed E-state index contributed by atoms with van der Waals surface area (Å²) in [6.45, 7) is 0. The van der Waals surface area contributed by atoms with Gasteiger partial charge in [0.25, 0.3) is 0 Å². The van der Waals surface area contributed by atoms with Gasteiger partial charge in [0.15, 0.2) is 0 Å². The summed E-state index contributed by atoms with van der Waals surface area (Å²) in [5.41, 5.74) is 3.35. The molecule has 0 rings (SSSR count). The maximum Gasteiger partial charge on any atom is 0.445 e. The summed E-state index contributed by atoms with van der Waals surface area (Å²) < 4.78 is 78.3. The Kier molecular flexibility index (Phi) is 2.12. The van der Waals surface area contributed by atoms with Gasteiger partial charge in [-0.05, 0) is 0 Å². The Labute approximate surface area is 56.0 Å². The molecule has 0 bridgehead atoms. The van der Waals surface area contributed by atoms with Crippen molar-refractivity contribution in [3.05, 3.63) is 0 Å². The Balaban J connectivity index is 4.75. The average molecular weight is 185 g/mol. The van der Waals surface area contributed by atoms with Crippen LogP contribution in [0.15, 0.2) is 0 Å². The van der Waals surface area contributed by atoms with E-state index < -0.39 is 18.1 Å². The van der Waals surface area contributed by atoms with E-state index in [1.54, 1.807) is 0 Å². The van der Waals surface area contributed by atoms with Crippen LogP contribution in [0.1, 0.15) is 0 Å². The van der Waals surface area contributed by atoms with Crippen molar-refractivity contribution >= 4 is 0 Å². The molecule has 2 N–H and O–H groups in total. The fourth-order valence-electron chi connectivity index (χ4n) is 0.161. The van der Waals surface area contributed by atoms with Crippen molar-refractivity contribution in [1.29, 1.82) is 0 Å². The van der Waals surface area contributed by atoms with Crippen LogP contribution in [0, 0.1) is 0 Å². The summed E-state index contributed by atoms with van der Waals surface area (Å²) in [5.74, 6) is -5.62. The molecule has 0 aliphatic heterocycles.